The predicted octanol–water partition coefficient (Wildman–Crippen LogP) is 1.61. The third-order valence-corrected chi connectivity index (χ3v) is 3.61. The van der Waals surface area contributed by atoms with E-state index >= 15 is 0 Å². The lowest BCUT2D eigenvalue weighted by molar-refractivity contribution is 0.566. The van der Waals surface area contributed by atoms with Crippen molar-refractivity contribution in [3.05, 3.63) is 48.2 Å². The summed E-state index contributed by atoms with van der Waals surface area (Å²) in [6, 6.07) is 6.25. The van der Waals surface area contributed by atoms with E-state index in [9.17, 15) is 0 Å². The molecule has 1 aliphatic rings. The summed E-state index contributed by atoms with van der Waals surface area (Å²) in [4.78, 5) is 16.1. The van der Waals surface area contributed by atoms with Crippen molar-refractivity contribution in [2.45, 2.75) is 12.6 Å². The molecule has 0 spiro atoms. The van der Waals surface area contributed by atoms with Gasteiger partial charge in [0.15, 0.2) is 0 Å². The second-order valence-electron chi connectivity index (χ2n) is 4.83. The smallest absolute Gasteiger partial charge is 0.142 e. The Morgan fingerprint density at radius 2 is 2.20 bits per heavy atom. The van der Waals surface area contributed by atoms with Crippen molar-refractivity contribution in [2.75, 3.05) is 11.9 Å². The van der Waals surface area contributed by atoms with Gasteiger partial charge in [0, 0.05) is 25.5 Å². The molecule has 4 rings (SSSR count). The molecular weight excluding hydrogens is 252 g/mol. The maximum absolute atomic E-state index is 4.42. The Balaban J connectivity index is 1.72. The van der Waals surface area contributed by atoms with Gasteiger partial charge < -0.3 is 15.6 Å². The average Bonchev–Trinajstić information content (AvgIpc) is 2.97. The number of aromatic nitrogens is 4. The van der Waals surface area contributed by atoms with Crippen molar-refractivity contribution in [2.24, 2.45) is 0 Å². The highest BCUT2D eigenvalue weighted by molar-refractivity contribution is 5.86. The second-order valence-corrected chi connectivity index (χ2v) is 4.83. The van der Waals surface area contributed by atoms with Gasteiger partial charge in [0.2, 0.25) is 0 Å². The molecule has 6 nitrogen and oxygen atoms in total. The number of hydrogen-bond donors (Lipinski definition) is 3. The van der Waals surface area contributed by atoms with Crippen LogP contribution in [0.3, 0.4) is 0 Å². The van der Waals surface area contributed by atoms with Gasteiger partial charge in [-0.2, -0.15) is 0 Å². The number of aromatic amines is 1. The zero-order valence-electron chi connectivity index (χ0n) is 10.8. The highest BCUT2D eigenvalue weighted by atomic mass is 15.1. The molecule has 3 N–H and O–H groups in total. The number of pyridine rings is 1. The molecule has 0 radical (unpaired) electrons. The largest absolute Gasteiger partial charge is 0.361 e. The molecule has 3 aromatic heterocycles. The molecular formula is C14H14N6. The fraction of sp³-hybridized carbons (Fsp3) is 0.214. The molecule has 1 unspecified atom stereocenters. The minimum absolute atomic E-state index is 0.167. The van der Waals surface area contributed by atoms with Crippen LogP contribution in [0.2, 0.25) is 0 Å². The van der Waals surface area contributed by atoms with Gasteiger partial charge >= 0.3 is 0 Å². The minimum atomic E-state index is 0.167. The zero-order chi connectivity index (χ0) is 13.4. The predicted molar refractivity (Wildman–Crippen MR) is 76.2 cm³/mol. The summed E-state index contributed by atoms with van der Waals surface area (Å²) in [5.41, 5.74) is 3.17. The Hall–Kier alpha value is -2.47. The van der Waals surface area contributed by atoms with E-state index in [0.717, 1.165) is 35.6 Å². The van der Waals surface area contributed by atoms with Crippen LogP contribution in [-0.4, -0.2) is 26.5 Å². The second kappa shape index (κ2) is 4.57. The molecule has 0 bridgehead atoms. The van der Waals surface area contributed by atoms with Gasteiger partial charge in [0.05, 0.1) is 17.1 Å². The Kier molecular flexibility index (Phi) is 2.60. The van der Waals surface area contributed by atoms with Crippen molar-refractivity contribution in [3.8, 4) is 0 Å². The van der Waals surface area contributed by atoms with Crippen LogP contribution in [0.4, 0.5) is 5.82 Å². The highest BCUT2D eigenvalue weighted by Crippen LogP contribution is 2.26. The third-order valence-electron chi connectivity index (χ3n) is 3.61. The van der Waals surface area contributed by atoms with Crippen LogP contribution in [0.5, 0.6) is 0 Å². The summed E-state index contributed by atoms with van der Waals surface area (Å²) in [6.07, 6.45) is 5.28. The Morgan fingerprint density at radius 1 is 1.20 bits per heavy atom. The summed E-state index contributed by atoms with van der Waals surface area (Å²) in [6.45, 7) is 1.67. The maximum Gasteiger partial charge on any atom is 0.142 e. The van der Waals surface area contributed by atoms with Crippen LogP contribution in [0.25, 0.3) is 11.0 Å². The normalized spacial score (nSPS) is 17.9. The molecule has 3 aromatic rings. The number of nitrogens with zero attached hydrogens (tertiary/aromatic N) is 3. The van der Waals surface area contributed by atoms with E-state index in [2.05, 4.69) is 36.6 Å². The first-order valence-corrected chi connectivity index (χ1v) is 6.61. The topological polar surface area (TPSA) is 78.5 Å². The van der Waals surface area contributed by atoms with Crippen molar-refractivity contribution in [1.29, 1.82) is 0 Å². The summed E-state index contributed by atoms with van der Waals surface area (Å²) in [5.74, 6) is 0.847. The van der Waals surface area contributed by atoms with Gasteiger partial charge in [-0.15, -0.1) is 0 Å². The van der Waals surface area contributed by atoms with Crippen molar-refractivity contribution in [1.82, 2.24) is 25.3 Å². The lowest BCUT2D eigenvalue weighted by atomic mass is 10.0. The first-order valence-electron chi connectivity index (χ1n) is 6.61. The first kappa shape index (κ1) is 11.4. The highest BCUT2D eigenvalue weighted by Gasteiger charge is 2.21. The third kappa shape index (κ3) is 1.81. The van der Waals surface area contributed by atoms with Crippen molar-refractivity contribution >= 4 is 16.9 Å². The molecule has 0 fully saturated rings. The quantitative estimate of drug-likeness (QED) is 0.657. The van der Waals surface area contributed by atoms with Crippen LogP contribution in [0.1, 0.15) is 17.3 Å². The molecule has 0 saturated heterocycles. The van der Waals surface area contributed by atoms with Crippen LogP contribution < -0.4 is 10.6 Å². The summed E-state index contributed by atoms with van der Waals surface area (Å²) in [5, 5.41) is 7.87. The Bertz CT molecular complexity index is 750. The standard InChI is InChI=1S/C14H14N6/c1-2-9-11(16-4-1)6-15-7-12(9)20-14-10-3-5-17-13(10)18-8-19-14/h1-5,8,12,15H,6-7H2,(H2,17,18,19,20). The van der Waals surface area contributed by atoms with Crippen LogP contribution in [-0.2, 0) is 6.54 Å². The number of anilines is 1. The lowest BCUT2D eigenvalue weighted by Gasteiger charge is -2.26. The van der Waals surface area contributed by atoms with Crippen LogP contribution >= 0.6 is 0 Å². The Labute approximate surface area is 115 Å². The zero-order valence-corrected chi connectivity index (χ0v) is 10.8. The van der Waals surface area contributed by atoms with Gasteiger partial charge in [-0.05, 0) is 17.7 Å². The van der Waals surface area contributed by atoms with E-state index in [1.54, 1.807) is 6.33 Å². The fourth-order valence-electron chi connectivity index (χ4n) is 2.64. The fourth-order valence-corrected chi connectivity index (χ4v) is 2.64. The molecule has 0 aromatic carbocycles. The molecule has 0 amide bonds. The minimum Gasteiger partial charge on any atom is -0.361 e. The molecule has 1 aliphatic heterocycles. The molecule has 1 atom stereocenters. The van der Waals surface area contributed by atoms with E-state index < -0.39 is 0 Å². The number of fused-ring (bicyclic) bond motifs is 2. The van der Waals surface area contributed by atoms with Crippen LogP contribution in [0, 0.1) is 0 Å². The molecule has 0 saturated carbocycles. The van der Waals surface area contributed by atoms with E-state index in [0.29, 0.717) is 0 Å². The summed E-state index contributed by atoms with van der Waals surface area (Å²) >= 11 is 0. The molecule has 100 valence electrons. The summed E-state index contributed by atoms with van der Waals surface area (Å²) < 4.78 is 0. The lowest BCUT2D eigenvalue weighted by Crippen LogP contribution is -2.33. The van der Waals surface area contributed by atoms with E-state index in [-0.39, 0.29) is 6.04 Å². The maximum atomic E-state index is 4.42. The molecule has 20 heavy (non-hydrogen) atoms. The summed E-state index contributed by atoms with van der Waals surface area (Å²) in [7, 11) is 0. The number of H-pyrrole nitrogens is 1. The molecule has 0 aliphatic carbocycles. The Morgan fingerprint density at radius 3 is 3.20 bits per heavy atom. The van der Waals surface area contributed by atoms with Gasteiger partial charge in [0.1, 0.15) is 17.8 Å². The van der Waals surface area contributed by atoms with Gasteiger partial charge in [-0.3, -0.25) is 4.98 Å². The molecule has 6 heteroatoms. The van der Waals surface area contributed by atoms with Crippen molar-refractivity contribution < 1.29 is 0 Å². The number of nitrogens with one attached hydrogen (secondary N) is 3. The van der Waals surface area contributed by atoms with E-state index in [4.69, 9.17) is 0 Å². The van der Waals surface area contributed by atoms with E-state index in [1.807, 2.05) is 24.5 Å². The van der Waals surface area contributed by atoms with Gasteiger partial charge in [0.25, 0.3) is 0 Å². The number of rotatable bonds is 2. The first-order chi connectivity index (χ1) is 9.92. The SMILES string of the molecule is c1cnc2c(c1)C(Nc1ncnc3[nH]ccc13)CNC2. The van der Waals surface area contributed by atoms with Gasteiger partial charge in [-0.25, -0.2) is 9.97 Å². The number of hydrogen-bond acceptors (Lipinski definition) is 5. The van der Waals surface area contributed by atoms with Gasteiger partial charge in [-0.1, -0.05) is 6.07 Å². The van der Waals surface area contributed by atoms with Crippen LogP contribution in [0.15, 0.2) is 36.9 Å². The monoisotopic (exact) mass is 266 g/mol. The van der Waals surface area contributed by atoms with Crippen molar-refractivity contribution in [3.63, 3.8) is 0 Å². The van der Waals surface area contributed by atoms with E-state index in [1.165, 1.54) is 5.56 Å². The molecule has 4 heterocycles. The average molecular weight is 266 g/mol.